The highest BCUT2D eigenvalue weighted by Gasteiger charge is 2.33. The fraction of sp³-hybridized carbons (Fsp3) is 0.320. The largest absolute Gasteiger partial charge is 0.465 e. The molecule has 1 aromatic carbocycles. The number of hydrogen-bond donors (Lipinski definition) is 2. The number of carboxylic acid groups (broad SMARTS) is 1. The number of anilines is 1. The van der Waals surface area contributed by atoms with Gasteiger partial charge in [0.05, 0.1) is 12.1 Å². The Labute approximate surface area is 213 Å². The van der Waals surface area contributed by atoms with Crippen LogP contribution in [0.4, 0.5) is 10.6 Å². The average Bonchev–Trinajstić information content (AvgIpc) is 3.64. The van der Waals surface area contributed by atoms with Crippen LogP contribution in [0.2, 0.25) is 0 Å². The number of carbonyl (C=O) groups is 2. The number of imidazole rings is 1. The maximum atomic E-state index is 13.3. The number of amides is 2. The monoisotopic (exact) mass is 505 g/mol. The van der Waals surface area contributed by atoms with E-state index in [1.165, 1.54) is 11.2 Å². The summed E-state index contributed by atoms with van der Waals surface area (Å²) in [6.07, 6.45) is 7.70. The number of nitrogens with one attached hydrogen (secondary N) is 1. The molecule has 2 N–H and O–H groups in total. The van der Waals surface area contributed by atoms with Crippen molar-refractivity contribution in [1.82, 2.24) is 29.7 Å². The Morgan fingerprint density at radius 1 is 1.16 bits per heavy atom. The Morgan fingerprint density at radius 3 is 2.76 bits per heavy atom. The van der Waals surface area contributed by atoms with Crippen molar-refractivity contribution < 1.29 is 24.2 Å². The lowest BCUT2D eigenvalue weighted by atomic mass is 10.0. The zero-order chi connectivity index (χ0) is 25.6. The third-order valence-corrected chi connectivity index (χ3v) is 6.29. The Morgan fingerprint density at radius 2 is 2.03 bits per heavy atom. The molecule has 37 heavy (non-hydrogen) atoms. The lowest BCUT2D eigenvalue weighted by molar-refractivity contribution is -0.122. The smallest absolute Gasteiger partial charge is 0.407 e. The molecule has 0 saturated carbocycles. The molecule has 5 rings (SSSR count). The molecule has 2 atom stereocenters. The second-order valence-corrected chi connectivity index (χ2v) is 8.72. The zero-order valence-corrected chi connectivity index (χ0v) is 20.0. The third-order valence-electron chi connectivity index (χ3n) is 6.29. The summed E-state index contributed by atoms with van der Waals surface area (Å²) in [6.45, 7) is 0.957. The minimum atomic E-state index is -1.02. The van der Waals surface area contributed by atoms with Gasteiger partial charge >= 0.3 is 6.09 Å². The minimum Gasteiger partial charge on any atom is -0.465 e. The van der Waals surface area contributed by atoms with Crippen molar-refractivity contribution in [2.75, 3.05) is 31.3 Å². The average molecular weight is 506 g/mol. The first-order valence-corrected chi connectivity index (χ1v) is 11.9. The van der Waals surface area contributed by atoms with Gasteiger partial charge in [-0.3, -0.25) is 9.36 Å². The second kappa shape index (κ2) is 11.0. The lowest BCUT2D eigenvalue weighted by Gasteiger charge is -2.41. The molecular formula is C25H27N7O5. The van der Waals surface area contributed by atoms with Gasteiger partial charge in [0.25, 0.3) is 0 Å². The van der Waals surface area contributed by atoms with E-state index in [1.54, 1.807) is 35.6 Å². The van der Waals surface area contributed by atoms with Crippen LogP contribution < -0.4 is 10.2 Å². The molecule has 2 amide bonds. The molecule has 12 heteroatoms. The van der Waals surface area contributed by atoms with Crippen LogP contribution in [-0.2, 0) is 20.7 Å². The highest BCUT2D eigenvalue weighted by molar-refractivity contribution is 5.78. The van der Waals surface area contributed by atoms with E-state index in [0.717, 1.165) is 5.56 Å². The predicted molar refractivity (Wildman–Crippen MR) is 132 cm³/mol. The fourth-order valence-corrected chi connectivity index (χ4v) is 4.48. The number of hydrogen-bond acceptors (Lipinski definition) is 8. The molecule has 2 unspecified atom stereocenters. The first-order chi connectivity index (χ1) is 18.1. The number of ether oxygens (including phenoxy) is 2. The number of carbonyl (C=O) groups excluding carboxylic acids is 1. The summed E-state index contributed by atoms with van der Waals surface area (Å²) in [5.74, 6) is 1.36. The van der Waals surface area contributed by atoms with E-state index in [9.17, 15) is 14.7 Å². The van der Waals surface area contributed by atoms with E-state index in [4.69, 9.17) is 9.47 Å². The molecule has 1 saturated heterocycles. The van der Waals surface area contributed by atoms with Crippen molar-refractivity contribution in [3.05, 3.63) is 78.9 Å². The first-order valence-electron chi connectivity index (χ1n) is 11.9. The van der Waals surface area contributed by atoms with E-state index in [-0.39, 0.29) is 25.7 Å². The summed E-state index contributed by atoms with van der Waals surface area (Å²) in [6, 6.07) is 10.7. The van der Waals surface area contributed by atoms with Crippen molar-refractivity contribution in [2.45, 2.75) is 24.9 Å². The molecule has 0 bridgehead atoms. The van der Waals surface area contributed by atoms with Gasteiger partial charge in [0, 0.05) is 51.1 Å². The van der Waals surface area contributed by atoms with Crippen molar-refractivity contribution in [2.24, 2.45) is 0 Å². The van der Waals surface area contributed by atoms with Crippen molar-refractivity contribution in [3.8, 4) is 5.95 Å². The van der Waals surface area contributed by atoms with Gasteiger partial charge < -0.3 is 29.7 Å². The Bertz CT molecular complexity index is 1250. The molecule has 2 aromatic heterocycles. The van der Waals surface area contributed by atoms with Gasteiger partial charge in [-0.1, -0.05) is 30.3 Å². The van der Waals surface area contributed by atoms with Gasteiger partial charge in [-0.05, 0) is 11.6 Å². The molecule has 0 spiro atoms. The second-order valence-electron chi connectivity index (χ2n) is 8.72. The number of nitrogens with zero attached hydrogens (tertiary/aromatic N) is 6. The minimum absolute atomic E-state index is 0.0631. The van der Waals surface area contributed by atoms with Crippen LogP contribution in [0, 0.1) is 0 Å². The van der Waals surface area contributed by atoms with Crippen LogP contribution >= 0.6 is 0 Å². The van der Waals surface area contributed by atoms with Crippen molar-refractivity contribution >= 4 is 17.8 Å². The van der Waals surface area contributed by atoms with Crippen LogP contribution in [0.15, 0.2) is 73.3 Å². The lowest BCUT2D eigenvalue weighted by Crippen LogP contribution is -2.56. The Kier molecular flexibility index (Phi) is 7.15. The van der Waals surface area contributed by atoms with Gasteiger partial charge in [0.15, 0.2) is 5.76 Å². The van der Waals surface area contributed by atoms with Crippen LogP contribution in [0.5, 0.6) is 0 Å². The van der Waals surface area contributed by atoms with Gasteiger partial charge in [0.2, 0.25) is 18.6 Å². The topological polar surface area (TPSA) is 135 Å². The highest BCUT2D eigenvalue weighted by Crippen LogP contribution is 2.22. The summed E-state index contributed by atoms with van der Waals surface area (Å²) in [5.41, 5.74) is 1.04. The van der Waals surface area contributed by atoms with Crippen molar-refractivity contribution in [3.63, 3.8) is 0 Å². The summed E-state index contributed by atoms with van der Waals surface area (Å²) in [5, 5.41) is 12.7. The van der Waals surface area contributed by atoms with Gasteiger partial charge in [-0.15, -0.1) is 0 Å². The maximum absolute atomic E-state index is 13.3. The number of benzene rings is 1. The van der Waals surface area contributed by atoms with E-state index in [1.807, 2.05) is 35.2 Å². The normalized spacial score (nSPS) is 17.9. The third kappa shape index (κ3) is 5.80. The number of rotatable bonds is 8. The molecular weight excluding hydrogens is 478 g/mol. The molecule has 0 radical (unpaired) electrons. The summed E-state index contributed by atoms with van der Waals surface area (Å²) < 4.78 is 12.5. The number of aromatic nitrogens is 4. The Hall–Kier alpha value is -4.61. The van der Waals surface area contributed by atoms with Crippen LogP contribution in [0.3, 0.4) is 0 Å². The van der Waals surface area contributed by atoms with Crippen LogP contribution in [0.1, 0.15) is 12.0 Å². The summed E-state index contributed by atoms with van der Waals surface area (Å²) >= 11 is 0. The molecule has 4 heterocycles. The SMILES string of the molecule is O=C(CC1CN(C(=O)O)CCN1c1ccnc(-n2ccnc2)n1)NC(Cc1ccccc1)C1=COCO1. The molecule has 3 aromatic rings. The van der Waals surface area contributed by atoms with Gasteiger partial charge in [-0.2, -0.15) is 4.98 Å². The maximum Gasteiger partial charge on any atom is 0.407 e. The number of piperazine rings is 1. The molecule has 2 aliphatic rings. The zero-order valence-electron chi connectivity index (χ0n) is 20.0. The molecule has 192 valence electrons. The standard InChI is InChI=1S/C25H27N7O5/c33-23(28-20(21-15-36-17-37-21)12-18-4-2-1-3-5-18)13-19-14-30(25(34)35)10-11-32(19)22-6-7-27-24(29-22)31-9-8-26-16-31/h1-9,15-16,19-20H,10-14,17H2,(H,28,33)(H,34,35). The quantitative estimate of drug-likeness (QED) is 0.470. The summed E-state index contributed by atoms with van der Waals surface area (Å²) in [4.78, 5) is 41.3. The van der Waals surface area contributed by atoms with E-state index < -0.39 is 18.2 Å². The Balaban J connectivity index is 1.34. The predicted octanol–water partition coefficient (Wildman–Crippen LogP) is 1.79. The first kappa shape index (κ1) is 24.1. The molecule has 12 nitrogen and oxygen atoms in total. The highest BCUT2D eigenvalue weighted by atomic mass is 16.7. The van der Waals surface area contributed by atoms with E-state index in [0.29, 0.717) is 37.0 Å². The van der Waals surface area contributed by atoms with Crippen LogP contribution in [0.25, 0.3) is 5.95 Å². The van der Waals surface area contributed by atoms with Crippen LogP contribution in [-0.4, -0.2) is 80.0 Å². The summed E-state index contributed by atoms with van der Waals surface area (Å²) in [7, 11) is 0. The van der Waals surface area contributed by atoms with E-state index in [2.05, 4.69) is 20.3 Å². The van der Waals surface area contributed by atoms with Gasteiger partial charge in [-0.25, -0.2) is 14.8 Å². The molecule has 1 fully saturated rings. The fourth-order valence-electron chi connectivity index (χ4n) is 4.48. The molecule has 2 aliphatic heterocycles. The van der Waals surface area contributed by atoms with Gasteiger partial charge in [0.1, 0.15) is 18.4 Å². The van der Waals surface area contributed by atoms with Crippen molar-refractivity contribution in [1.29, 1.82) is 0 Å². The molecule has 0 aliphatic carbocycles. The van der Waals surface area contributed by atoms with E-state index >= 15 is 0 Å².